The van der Waals surface area contributed by atoms with Crippen molar-refractivity contribution in [2.45, 2.75) is 0 Å². The van der Waals surface area contributed by atoms with Gasteiger partial charge in [0.15, 0.2) is 11.5 Å². The van der Waals surface area contributed by atoms with E-state index in [1.165, 1.54) is 47.5 Å². The second kappa shape index (κ2) is 7.48. The van der Waals surface area contributed by atoms with E-state index in [-0.39, 0.29) is 0 Å². The van der Waals surface area contributed by atoms with Gasteiger partial charge in [-0.1, -0.05) is 91.0 Å². The van der Waals surface area contributed by atoms with Gasteiger partial charge in [-0.25, -0.2) is 0 Å². The first kappa shape index (κ1) is 19.7. The molecular formula is C32H19N3S. The van der Waals surface area contributed by atoms with E-state index >= 15 is 0 Å². The van der Waals surface area contributed by atoms with Crippen molar-refractivity contribution in [2.24, 2.45) is 0 Å². The Morgan fingerprint density at radius 2 is 1.19 bits per heavy atom. The molecule has 36 heavy (non-hydrogen) atoms. The molecule has 0 unspecified atom stereocenters. The van der Waals surface area contributed by atoms with Gasteiger partial charge < -0.3 is 0 Å². The van der Waals surface area contributed by atoms with Crippen LogP contribution in [-0.4, -0.2) is 14.6 Å². The van der Waals surface area contributed by atoms with Gasteiger partial charge in [0.1, 0.15) is 0 Å². The number of rotatable bonds is 2. The monoisotopic (exact) mass is 477 g/mol. The van der Waals surface area contributed by atoms with E-state index in [0.29, 0.717) is 0 Å². The van der Waals surface area contributed by atoms with Crippen LogP contribution in [0, 0.1) is 0 Å². The number of aromatic nitrogens is 3. The maximum absolute atomic E-state index is 4.66. The predicted molar refractivity (Wildman–Crippen MR) is 152 cm³/mol. The molecule has 3 aromatic heterocycles. The van der Waals surface area contributed by atoms with Crippen LogP contribution in [-0.2, 0) is 0 Å². The van der Waals surface area contributed by atoms with Gasteiger partial charge in [-0.05, 0) is 39.9 Å². The molecule has 0 bridgehead atoms. The topological polar surface area (TPSA) is 30.2 Å². The third kappa shape index (κ3) is 2.73. The van der Waals surface area contributed by atoms with Crippen molar-refractivity contribution in [3.8, 4) is 22.5 Å². The smallest absolute Gasteiger partial charge is 0.168 e. The minimum absolute atomic E-state index is 0.860. The van der Waals surface area contributed by atoms with Crippen LogP contribution in [0.25, 0.3) is 69.9 Å². The molecule has 0 aliphatic rings. The number of nitrogens with zero attached hydrogens (tertiary/aromatic N) is 3. The average Bonchev–Trinajstić information content (AvgIpc) is 3.54. The van der Waals surface area contributed by atoms with E-state index in [2.05, 4.69) is 130 Å². The average molecular weight is 478 g/mol. The molecule has 0 radical (unpaired) electrons. The number of thiophene rings is 1. The van der Waals surface area contributed by atoms with Gasteiger partial charge in [0.25, 0.3) is 0 Å². The van der Waals surface area contributed by atoms with Gasteiger partial charge in [-0.3, -0.25) is 4.40 Å². The van der Waals surface area contributed by atoms with Crippen LogP contribution in [0.4, 0.5) is 0 Å². The highest BCUT2D eigenvalue weighted by molar-refractivity contribution is 7.26. The van der Waals surface area contributed by atoms with E-state index in [4.69, 9.17) is 0 Å². The molecule has 3 nitrogen and oxygen atoms in total. The Labute approximate surface area is 210 Å². The maximum atomic E-state index is 4.66. The normalized spacial score (nSPS) is 11.9. The number of hydrogen-bond acceptors (Lipinski definition) is 3. The fourth-order valence-electron chi connectivity index (χ4n) is 5.49. The first-order chi connectivity index (χ1) is 17.9. The van der Waals surface area contributed by atoms with Crippen LogP contribution >= 0.6 is 11.3 Å². The molecule has 0 atom stereocenters. The Kier molecular flexibility index (Phi) is 4.10. The molecule has 0 saturated heterocycles. The molecular weight excluding hydrogens is 458 g/mol. The minimum Gasteiger partial charge on any atom is -0.282 e. The van der Waals surface area contributed by atoms with E-state index in [9.17, 15) is 0 Å². The first-order valence-electron chi connectivity index (χ1n) is 12.0. The van der Waals surface area contributed by atoms with Crippen LogP contribution in [0.1, 0.15) is 0 Å². The van der Waals surface area contributed by atoms with Gasteiger partial charge in [-0.15, -0.1) is 21.5 Å². The van der Waals surface area contributed by atoms with Crippen LogP contribution in [0.2, 0.25) is 0 Å². The summed E-state index contributed by atoms with van der Waals surface area (Å²) in [6, 6.07) is 38.9. The molecule has 0 aliphatic heterocycles. The molecule has 0 aliphatic carbocycles. The van der Waals surface area contributed by atoms with Crippen molar-refractivity contribution in [3.05, 3.63) is 115 Å². The zero-order valence-electron chi connectivity index (χ0n) is 19.2. The summed E-state index contributed by atoms with van der Waals surface area (Å²) in [5.74, 6) is 0.860. The lowest BCUT2D eigenvalue weighted by molar-refractivity contribution is 1.11. The molecule has 0 saturated carbocycles. The molecule has 8 rings (SSSR count). The van der Waals surface area contributed by atoms with Gasteiger partial charge in [0, 0.05) is 42.9 Å². The highest BCUT2D eigenvalue weighted by Gasteiger charge is 2.17. The van der Waals surface area contributed by atoms with Crippen LogP contribution in [0.3, 0.4) is 0 Å². The van der Waals surface area contributed by atoms with E-state index in [1.807, 2.05) is 11.3 Å². The fourth-order valence-corrected chi connectivity index (χ4v) is 6.72. The Balaban J connectivity index is 1.40. The summed E-state index contributed by atoms with van der Waals surface area (Å²) in [7, 11) is 0. The van der Waals surface area contributed by atoms with Gasteiger partial charge in [0.2, 0.25) is 0 Å². The number of hydrogen-bond donors (Lipinski definition) is 0. The molecule has 0 fully saturated rings. The SMILES string of the molecule is c1ccc2c(c1)ccn1c(-c3ccc(-c4cccc5c4sc4ccccc45)c4ccccc34)nnc21. The van der Waals surface area contributed by atoms with Gasteiger partial charge >= 0.3 is 0 Å². The second-order valence-corrected chi connectivity index (χ2v) is 10.2. The largest absolute Gasteiger partial charge is 0.282 e. The number of fused-ring (bicyclic) bond motifs is 7. The zero-order valence-corrected chi connectivity index (χ0v) is 20.0. The summed E-state index contributed by atoms with van der Waals surface area (Å²) in [5.41, 5.74) is 4.48. The first-order valence-corrected chi connectivity index (χ1v) is 12.8. The molecule has 5 aromatic carbocycles. The van der Waals surface area contributed by atoms with Crippen molar-refractivity contribution in [1.29, 1.82) is 0 Å². The fraction of sp³-hybridized carbons (Fsp3) is 0. The van der Waals surface area contributed by atoms with E-state index in [0.717, 1.165) is 22.4 Å². The van der Waals surface area contributed by atoms with Gasteiger partial charge in [0.05, 0.1) is 0 Å². The predicted octanol–water partition coefficient (Wildman–Crippen LogP) is 8.74. The maximum Gasteiger partial charge on any atom is 0.168 e. The van der Waals surface area contributed by atoms with Crippen molar-refractivity contribution in [1.82, 2.24) is 14.6 Å². The van der Waals surface area contributed by atoms with Crippen LogP contribution in [0.5, 0.6) is 0 Å². The molecule has 0 N–H and O–H groups in total. The summed E-state index contributed by atoms with van der Waals surface area (Å²) in [5, 5.41) is 16.6. The lowest BCUT2D eigenvalue weighted by Crippen LogP contribution is -1.92. The molecule has 0 amide bonds. The molecule has 168 valence electrons. The lowest BCUT2D eigenvalue weighted by atomic mass is 9.94. The molecule has 8 aromatic rings. The zero-order chi connectivity index (χ0) is 23.6. The van der Waals surface area contributed by atoms with Crippen molar-refractivity contribution < 1.29 is 0 Å². The number of benzene rings is 5. The van der Waals surface area contributed by atoms with Crippen molar-refractivity contribution >= 4 is 58.7 Å². The third-order valence-corrected chi connectivity index (χ3v) is 8.38. The molecule has 0 spiro atoms. The summed E-state index contributed by atoms with van der Waals surface area (Å²) in [4.78, 5) is 0. The summed E-state index contributed by atoms with van der Waals surface area (Å²) >= 11 is 1.87. The Bertz CT molecular complexity index is 2120. The standard InChI is InChI=1S/C32H19N3S/c1-2-9-21-20(8-1)18-19-35-31(21)33-34-32(35)28-17-16-24(22-10-3-4-11-23(22)28)26-13-7-14-27-25-12-5-6-15-29(25)36-30(26)27/h1-19H. The summed E-state index contributed by atoms with van der Waals surface area (Å²) in [6.07, 6.45) is 2.08. The summed E-state index contributed by atoms with van der Waals surface area (Å²) < 4.78 is 4.76. The van der Waals surface area contributed by atoms with Gasteiger partial charge in [-0.2, -0.15) is 0 Å². The quantitative estimate of drug-likeness (QED) is 0.249. The highest BCUT2D eigenvalue weighted by Crippen LogP contribution is 2.43. The highest BCUT2D eigenvalue weighted by atomic mass is 32.1. The Hall–Kier alpha value is -4.54. The van der Waals surface area contributed by atoms with E-state index < -0.39 is 0 Å². The Morgan fingerprint density at radius 3 is 2.08 bits per heavy atom. The summed E-state index contributed by atoms with van der Waals surface area (Å²) in [6.45, 7) is 0. The number of pyridine rings is 1. The van der Waals surface area contributed by atoms with Crippen molar-refractivity contribution in [2.75, 3.05) is 0 Å². The second-order valence-electron chi connectivity index (χ2n) is 9.11. The Morgan fingerprint density at radius 1 is 0.500 bits per heavy atom. The molecule has 3 heterocycles. The lowest BCUT2D eigenvalue weighted by Gasteiger charge is -2.12. The van der Waals surface area contributed by atoms with Crippen molar-refractivity contribution in [3.63, 3.8) is 0 Å². The minimum atomic E-state index is 0.860. The molecule has 4 heteroatoms. The third-order valence-electron chi connectivity index (χ3n) is 7.16. The van der Waals surface area contributed by atoms with E-state index in [1.54, 1.807) is 0 Å². The van der Waals surface area contributed by atoms with Crippen LogP contribution in [0.15, 0.2) is 115 Å². The van der Waals surface area contributed by atoms with Crippen LogP contribution < -0.4 is 0 Å².